The highest BCUT2D eigenvalue weighted by molar-refractivity contribution is 5.87. The number of methoxy groups -OCH3 is 1. The lowest BCUT2D eigenvalue weighted by atomic mass is 9.75. The molecule has 1 aromatic heterocycles. The highest BCUT2D eigenvalue weighted by Gasteiger charge is 2.56. The minimum atomic E-state index is -1.25. The summed E-state index contributed by atoms with van der Waals surface area (Å²) < 4.78 is 4.83. The third-order valence-electron chi connectivity index (χ3n) is 10.6. The van der Waals surface area contributed by atoms with Gasteiger partial charge >= 0.3 is 6.09 Å². The number of β-amino-alcohol motifs (C(OH)–C–C–N with tert-alkyl or cyclic N) is 1. The smallest absolute Gasteiger partial charge is 0.407 e. The fraction of sp³-hybridized carbons (Fsp3) is 0.381. The van der Waals surface area contributed by atoms with Crippen LogP contribution in [0.4, 0.5) is 4.79 Å². The number of fused-ring (bicyclic) bond motifs is 1. The number of aliphatic hydroxyl groups excluding tert-OH is 2. The standard InChI is InChI=1S/C42H49N5O6/c1-41(2,3)37(44-40(52)53-4)38(50)45-46(26-29-14-16-30(17-15-29)31-18-21-43-22-19-31)23-20-42(25-28-10-6-5-7-11-28)35(49)27-47(39(42)51)36-33-13-9-8-12-32(33)24-34(36)48/h5-19,21-22,34-37,48-49H,20,23-27H2,1-4H3,(H,44,52)(H,45,50)/t34-,35-,36?,37-,42+/m1/s1. The zero-order valence-electron chi connectivity index (χ0n) is 30.7. The summed E-state index contributed by atoms with van der Waals surface area (Å²) in [5, 5.41) is 27.6. The molecule has 4 aromatic rings. The maximum atomic E-state index is 14.8. The molecular formula is C42H49N5O6. The number of hydrogen-bond acceptors (Lipinski definition) is 8. The zero-order valence-corrected chi connectivity index (χ0v) is 30.7. The molecule has 1 aliphatic heterocycles. The average molecular weight is 720 g/mol. The van der Waals surface area contributed by atoms with Gasteiger partial charge in [-0.15, -0.1) is 0 Å². The van der Waals surface area contributed by atoms with Crippen LogP contribution in [-0.2, 0) is 33.7 Å². The topological polar surface area (TPSA) is 144 Å². The molecule has 4 N–H and O–H groups in total. The van der Waals surface area contributed by atoms with Gasteiger partial charge in [0, 0.05) is 38.4 Å². The number of rotatable bonds is 12. The number of carbonyl (C=O) groups excluding carboxylic acids is 3. The van der Waals surface area contributed by atoms with Crippen LogP contribution in [0.2, 0.25) is 0 Å². The molecule has 1 fully saturated rings. The predicted molar refractivity (Wildman–Crippen MR) is 201 cm³/mol. The van der Waals surface area contributed by atoms with Crippen molar-refractivity contribution in [1.82, 2.24) is 25.6 Å². The van der Waals surface area contributed by atoms with Gasteiger partial charge in [0.1, 0.15) is 6.04 Å². The van der Waals surface area contributed by atoms with Crippen molar-refractivity contribution in [3.05, 3.63) is 126 Å². The fourth-order valence-electron chi connectivity index (χ4n) is 7.71. The molecule has 1 saturated heterocycles. The number of nitrogens with one attached hydrogen (secondary N) is 2. The first-order chi connectivity index (χ1) is 25.4. The van der Waals surface area contributed by atoms with E-state index in [1.165, 1.54) is 7.11 Å². The number of alkyl carbamates (subject to hydrolysis) is 1. The predicted octanol–water partition coefficient (Wildman–Crippen LogP) is 4.83. The second kappa shape index (κ2) is 15.9. The van der Waals surface area contributed by atoms with Crippen LogP contribution >= 0.6 is 0 Å². The van der Waals surface area contributed by atoms with Gasteiger partial charge < -0.3 is 25.2 Å². The molecule has 0 saturated carbocycles. The Hall–Kier alpha value is -5.10. The van der Waals surface area contributed by atoms with E-state index >= 15 is 0 Å². The highest BCUT2D eigenvalue weighted by Crippen LogP contribution is 2.46. The largest absolute Gasteiger partial charge is 0.453 e. The van der Waals surface area contributed by atoms with Gasteiger partial charge in [-0.25, -0.2) is 9.80 Å². The number of ether oxygens (including phenoxy) is 1. The Morgan fingerprint density at radius 1 is 0.943 bits per heavy atom. The molecule has 6 rings (SSSR count). The van der Waals surface area contributed by atoms with Crippen LogP contribution in [0, 0.1) is 10.8 Å². The molecule has 3 aromatic carbocycles. The van der Waals surface area contributed by atoms with Crippen molar-refractivity contribution >= 4 is 17.9 Å². The second-order valence-corrected chi connectivity index (χ2v) is 15.2. The Balaban J connectivity index is 1.31. The lowest BCUT2D eigenvalue weighted by molar-refractivity contribution is -0.142. The Kier molecular flexibility index (Phi) is 11.3. The number of carbonyl (C=O) groups is 3. The normalized spacial score (nSPS) is 21.7. The van der Waals surface area contributed by atoms with Crippen molar-refractivity contribution in [3.63, 3.8) is 0 Å². The summed E-state index contributed by atoms with van der Waals surface area (Å²) in [5.74, 6) is -0.679. The van der Waals surface area contributed by atoms with Crippen LogP contribution in [0.25, 0.3) is 11.1 Å². The van der Waals surface area contributed by atoms with E-state index in [-0.39, 0.29) is 38.4 Å². The van der Waals surface area contributed by atoms with E-state index in [9.17, 15) is 24.6 Å². The van der Waals surface area contributed by atoms with Crippen LogP contribution in [0.1, 0.15) is 55.5 Å². The first kappa shape index (κ1) is 37.7. The van der Waals surface area contributed by atoms with Gasteiger partial charge in [-0.05, 0) is 63.8 Å². The number of aromatic nitrogens is 1. The summed E-state index contributed by atoms with van der Waals surface area (Å²) in [4.78, 5) is 46.9. The molecule has 53 heavy (non-hydrogen) atoms. The number of hydrazine groups is 1. The molecule has 2 heterocycles. The summed E-state index contributed by atoms with van der Waals surface area (Å²) in [6, 6.07) is 27.7. The molecule has 1 unspecified atom stereocenters. The number of benzene rings is 3. The van der Waals surface area contributed by atoms with E-state index in [1.807, 2.05) is 112 Å². The summed E-state index contributed by atoms with van der Waals surface area (Å²) in [7, 11) is 1.25. The quantitative estimate of drug-likeness (QED) is 0.153. The molecule has 11 heteroatoms. The van der Waals surface area contributed by atoms with Gasteiger partial charge in [0.15, 0.2) is 0 Å². The average Bonchev–Trinajstić information content (AvgIpc) is 3.60. The van der Waals surface area contributed by atoms with Crippen molar-refractivity contribution in [2.45, 2.75) is 70.9 Å². The lowest BCUT2D eigenvalue weighted by Crippen LogP contribution is -2.57. The van der Waals surface area contributed by atoms with Crippen molar-refractivity contribution in [2.24, 2.45) is 10.8 Å². The minimum absolute atomic E-state index is 0.0691. The maximum Gasteiger partial charge on any atom is 0.407 e. The Morgan fingerprint density at radius 2 is 1.60 bits per heavy atom. The van der Waals surface area contributed by atoms with E-state index in [4.69, 9.17) is 4.74 Å². The van der Waals surface area contributed by atoms with Gasteiger partial charge in [0.05, 0.1) is 30.8 Å². The Labute approximate surface area is 311 Å². The van der Waals surface area contributed by atoms with Gasteiger partial charge in [0.25, 0.3) is 5.91 Å². The van der Waals surface area contributed by atoms with Gasteiger partial charge in [0.2, 0.25) is 5.91 Å². The first-order valence-corrected chi connectivity index (χ1v) is 18.1. The van der Waals surface area contributed by atoms with E-state index in [2.05, 4.69) is 15.7 Å². The molecule has 0 radical (unpaired) electrons. The van der Waals surface area contributed by atoms with Crippen molar-refractivity contribution in [1.29, 1.82) is 0 Å². The van der Waals surface area contributed by atoms with Crippen LogP contribution in [0.3, 0.4) is 0 Å². The summed E-state index contributed by atoms with van der Waals surface area (Å²) in [6.45, 7) is 6.09. The Morgan fingerprint density at radius 3 is 2.28 bits per heavy atom. The van der Waals surface area contributed by atoms with Crippen molar-refractivity contribution < 1.29 is 29.3 Å². The third-order valence-corrected chi connectivity index (χ3v) is 10.6. The number of hydrogen-bond donors (Lipinski definition) is 4. The summed E-state index contributed by atoms with van der Waals surface area (Å²) >= 11 is 0. The molecule has 5 atom stereocenters. The third kappa shape index (κ3) is 8.27. The number of aliphatic hydroxyl groups is 2. The van der Waals surface area contributed by atoms with E-state index in [0.717, 1.165) is 33.4 Å². The second-order valence-electron chi connectivity index (χ2n) is 15.2. The van der Waals surface area contributed by atoms with Gasteiger partial charge in [-0.3, -0.25) is 20.0 Å². The number of amides is 3. The van der Waals surface area contributed by atoms with Crippen LogP contribution in [-0.4, -0.2) is 81.5 Å². The van der Waals surface area contributed by atoms with Crippen LogP contribution in [0.5, 0.6) is 0 Å². The first-order valence-electron chi connectivity index (χ1n) is 18.1. The maximum absolute atomic E-state index is 14.8. The summed E-state index contributed by atoms with van der Waals surface area (Å²) in [5.41, 5.74) is 6.84. The van der Waals surface area contributed by atoms with E-state index in [0.29, 0.717) is 6.42 Å². The van der Waals surface area contributed by atoms with Crippen molar-refractivity contribution in [3.8, 4) is 11.1 Å². The minimum Gasteiger partial charge on any atom is -0.453 e. The number of likely N-dealkylation sites (tertiary alicyclic amines) is 1. The van der Waals surface area contributed by atoms with Crippen LogP contribution < -0.4 is 10.7 Å². The van der Waals surface area contributed by atoms with Crippen molar-refractivity contribution in [2.75, 3.05) is 20.2 Å². The molecule has 3 amide bonds. The molecular weight excluding hydrogens is 670 g/mol. The molecule has 11 nitrogen and oxygen atoms in total. The highest BCUT2D eigenvalue weighted by atomic mass is 16.5. The molecule has 0 bridgehead atoms. The number of nitrogens with zero attached hydrogens (tertiary/aromatic N) is 3. The molecule has 1 aliphatic carbocycles. The molecule has 2 aliphatic rings. The van der Waals surface area contributed by atoms with Crippen LogP contribution in [0.15, 0.2) is 103 Å². The fourth-order valence-corrected chi connectivity index (χ4v) is 7.71. The summed E-state index contributed by atoms with van der Waals surface area (Å²) in [6.07, 6.45) is 1.82. The zero-order chi connectivity index (χ0) is 37.8. The number of pyridine rings is 1. The van der Waals surface area contributed by atoms with Gasteiger partial charge in [-0.1, -0.05) is 99.6 Å². The van der Waals surface area contributed by atoms with E-state index < -0.39 is 47.1 Å². The SMILES string of the molecule is COC(=O)N[C@H](C(=O)NN(CC[C@@]1(Cc2ccccc2)C(=O)N(C2c3ccccc3C[C@H]2O)C[C@H]1O)Cc1ccc(-c2ccncc2)cc1)C(C)(C)C. The molecule has 0 spiro atoms. The van der Waals surface area contributed by atoms with Gasteiger partial charge in [-0.2, -0.15) is 0 Å². The van der Waals surface area contributed by atoms with E-state index in [1.54, 1.807) is 22.3 Å². The molecule has 278 valence electrons. The lowest BCUT2D eigenvalue weighted by Gasteiger charge is -2.36. The Bertz CT molecular complexity index is 1880. The monoisotopic (exact) mass is 719 g/mol.